The highest BCUT2D eigenvalue weighted by Gasteiger charge is 2.08. The minimum atomic E-state index is -0.207. The largest absolute Gasteiger partial charge is 0.329 e. The molecule has 0 aliphatic heterocycles. The number of hydrogen-bond donors (Lipinski definition) is 3. The molecule has 0 aliphatic carbocycles. The van der Waals surface area contributed by atoms with Crippen molar-refractivity contribution in [3.05, 3.63) is 29.3 Å². The Morgan fingerprint density at radius 2 is 2.13 bits per heavy atom. The van der Waals surface area contributed by atoms with Crippen LogP contribution < -0.4 is 16.2 Å². The maximum absolute atomic E-state index is 11.7. The van der Waals surface area contributed by atoms with E-state index in [9.17, 15) is 4.79 Å². The van der Waals surface area contributed by atoms with Gasteiger partial charge in [-0.3, -0.25) is 25.0 Å². The van der Waals surface area contributed by atoms with E-state index in [4.69, 9.17) is 23.8 Å². The summed E-state index contributed by atoms with van der Waals surface area (Å²) in [6.07, 6.45) is 5.12. The first kappa shape index (κ1) is 17.2. The van der Waals surface area contributed by atoms with Crippen LogP contribution >= 0.6 is 23.8 Å². The standard InChI is InChI=1S/C13H18ClN7OS/c1-3-21-9(2)11(7-16-21)17-13(23)19-18-12(22)4-5-20-8-10(14)6-15-20/h6-8H,3-5H2,1-2H3,(H,18,22)(H2,17,19,23). The number of anilines is 1. The van der Waals surface area contributed by atoms with Crippen LogP contribution in [0.4, 0.5) is 5.69 Å². The van der Waals surface area contributed by atoms with Gasteiger partial charge in [0, 0.05) is 25.7 Å². The van der Waals surface area contributed by atoms with Gasteiger partial charge in [-0.05, 0) is 26.1 Å². The maximum Gasteiger partial charge on any atom is 0.240 e. The summed E-state index contributed by atoms with van der Waals surface area (Å²) in [7, 11) is 0. The SMILES string of the molecule is CCn1ncc(NC(=S)NNC(=O)CCn2cc(Cl)cn2)c1C. The summed E-state index contributed by atoms with van der Waals surface area (Å²) in [6, 6.07) is 0. The second-order valence-corrected chi connectivity index (χ2v) is 5.60. The molecule has 2 aromatic heterocycles. The number of hydrogen-bond acceptors (Lipinski definition) is 4. The zero-order chi connectivity index (χ0) is 16.8. The Labute approximate surface area is 144 Å². The molecule has 0 saturated heterocycles. The third-order valence-corrected chi connectivity index (χ3v) is 3.54. The average Bonchev–Trinajstić information content (AvgIpc) is 3.09. The Hall–Kier alpha value is -2.13. The monoisotopic (exact) mass is 355 g/mol. The van der Waals surface area contributed by atoms with E-state index in [1.54, 1.807) is 17.1 Å². The summed E-state index contributed by atoms with van der Waals surface area (Å²) in [4.78, 5) is 11.7. The van der Waals surface area contributed by atoms with Crippen LogP contribution in [0.2, 0.25) is 5.02 Å². The lowest BCUT2D eigenvalue weighted by molar-refractivity contribution is -0.121. The minimum Gasteiger partial charge on any atom is -0.329 e. The number of carbonyl (C=O) groups excluding carboxylic acids is 1. The quantitative estimate of drug-likeness (QED) is 0.556. The first-order valence-electron chi connectivity index (χ1n) is 7.05. The average molecular weight is 356 g/mol. The molecule has 2 rings (SSSR count). The number of rotatable bonds is 5. The number of nitrogens with zero attached hydrogens (tertiary/aromatic N) is 4. The fraction of sp³-hybridized carbons (Fsp3) is 0.385. The molecule has 124 valence electrons. The maximum atomic E-state index is 11.7. The van der Waals surface area contributed by atoms with Gasteiger partial charge in [-0.1, -0.05) is 11.6 Å². The number of hydrazine groups is 1. The van der Waals surface area contributed by atoms with Crippen molar-refractivity contribution in [3.63, 3.8) is 0 Å². The highest BCUT2D eigenvalue weighted by Crippen LogP contribution is 2.12. The van der Waals surface area contributed by atoms with Gasteiger partial charge in [0.25, 0.3) is 0 Å². The number of amides is 1. The van der Waals surface area contributed by atoms with E-state index in [0.717, 1.165) is 17.9 Å². The van der Waals surface area contributed by atoms with Crippen LogP contribution in [0.15, 0.2) is 18.6 Å². The molecular weight excluding hydrogens is 338 g/mol. The van der Waals surface area contributed by atoms with Crippen molar-refractivity contribution in [2.45, 2.75) is 33.4 Å². The molecule has 0 aromatic carbocycles. The van der Waals surface area contributed by atoms with Crippen LogP contribution in [0, 0.1) is 6.92 Å². The molecule has 0 radical (unpaired) electrons. The van der Waals surface area contributed by atoms with E-state index in [1.807, 2.05) is 18.5 Å². The van der Waals surface area contributed by atoms with Crippen molar-refractivity contribution in [3.8, 4) is 0 Å². The lowest BCUT2D eigenvalue weighted by atomic mass is 10.4. The summed E-state index contributed by atoms with van der Waals surface area (Å²) >= 11 is 10.9. The second-order valence-electron chi connectivity index (χ2n) is 4.76. The Bertz CT molecular complexity index is 696. The van der Waals surface area contributed by atoms with E-state index in [2.05, 4.69) is 26.4 Å². The van der Waals surface area contributed by atoms with E-state index in [-0.39, 0.29) is 12.3 Å². The highest BCUT2D eigenvalue weighted by atomic mass is 35.5. The van der Waals surface area contributed by atoms with E-state index < -0.39 is 0 Å². The van der Waals surface area contributed by atoms with Crippen LogP contribution in [-0.2, 0) is 17.9 Å². The van der Waals surface area contributed by atoms with Gasteiger partial charge in [-0.2, -0.15) is 10.2 Å². The molecule has 0 aliphatic rings. The Morgan fingerprint density at radius 1 is 1.35 bits per heavy atom. The molecule has 0 spiro atoms. The van der Waals surface area contributed by atoms with Crippen LogP contribution in [-0.4, -0.2) is 30.6 Å². The van der Waals surface area contributed by atoms with Crippen LogP contribution in [0.3, 0.4) is 0 Å². The van der Waals surface area contributed by atoms with E-state index in [1.165, 1.54) is 6.20 Å². The highest BCUT2D eigenvalue weighted by molar-refractivity contribution is 7.80. The Balaban J connectivity index is 1.73. The van der Waals surface area contributed by atoms with E-state index >= 15 is 0 Å². The van der Waals surface area contributed by atoms with Crippen molar-refractivity contribution in [1.29, 1.82) is 0 Å². The summed E-state index contributed by atoms with van der Waals surface area (Å²) < 4.78 is 3.44. The predicted molar refractivity (Wildman–Crippen MR) is 92.0 cm³/mol. The molecule has 0 unspecified atom stereocenters. The summed E-state index contributed by atoms with van der Waals surface area (Å²) in [6.45, 7) is 5.16. The van der Waals surface area contributed by atoms with Gasteiger partial charge in [-0.25, -0.2) is 0 Å². The summed E-state index contributed by atoms with van der Waals surface area (Å²) in [5.41, 5.74) is 6.95. The number of aromatic nitrogens is 4. The Morgan fingerprint density at radius 3 is 2.74 bits per heavy atom. The number of aryl methyl sites for hydroxylation is 2. The zero-order valence-electron chi connectivity index (χ0n) is 12.8. The topological polar surface area (TPSA) is 88.8 Å². The van der Waals surface area contributed by atoms with Gasteiger partial charge in [0.2, 0.25) is 5.91 Å². The fourth-order valence-corrected chi connectivity index (χ4v) is 2.22. The number of thiocarbonyl (C=S) groups is 1. The van der Waals surface area contributed by atoms with Crippen molar-refractivity contribution < 1.29 is 4.79 Å². The molecule has 0 saturated carbocycles. The molecule has 1 amide bonds. The lowest BCUT2D eigenvalue weighted by Crippen LogP contribution is -2.44. The summed E-state index contributed by atoms with van der Waals surface area (Å²) in [5.74, 6) is -0.207. The molecule has 10 heteroatoms. The molecule has 2 heterocycles. The van der Waals surface area contributed by atoms with Gasteiger partial charge in [-0.15, -0.1) is 0 Å². The zero-order valence-corrected chi connectivity index (χ0v) is 14.4. The van der Waals surface area contributed by atoms with Crippen molar-refractivity contribution in [1.82, 2.24) is 30.4 Å². The van der Waals surface area contributed by atoms with E-state index in [0.29, 0.717) is 16.7 Å². The van der Waals surface area contributed by atoms with Gasteiger partial charge < -0.3 is 5.32 Å². The third kappa shape index (κ3) is 4.93. The smallest absolute Gasteiger partial charge is 0.240 e. The molecule has 0 bridgehead atoms. The van der Waals surface area contributed by atoms with Crippen LogP contribution in [0.5, 0.6) is 0 Å². The molecule has 23 heavy (non-hydrogen) atoms. The normalized spacial score (nSPS) is 10.4. The first-order chi connectivity index (χ1) is 11.0. The number of carbonyl (C=O) groups is 1. The minimum absolute atomic E-state index is 0.207. The molecule has 0 fully saturated rings. The first-order valence-corrected chi connectivity index (χ1v) is 7.84. The van der Waals surface area contributed by atoms with Crippen LogP contribution in [0.25, 0.3) is 0 Å². The lowest BCUT2D eigenvalue weighted by Gasteiger charge is -2.11. The molecule has 8 nitrogen and oxygen atoms in total. The fourth-order valence-electron chi connectivity index (χ4n) is 1.91. The predicted octanol–water partition coefficient (Wildman–Crippen LogP) is 1.47. The van der Waals surface area contributed by atoms with Gasteiger partial charge in [0.05, 0.1) is 28.8 Å². The molecule has 2 aromatic rings. The van der Waals surface area contributed by atoms with Crippen molar-refractivity contribution in [2.24, 2.45) is 0 Å². The number of halogens is 1. The van der Waals surface area contributed by atoms with Gasteiger partial charge in [0.15, 0.2) is 5.11 Å². The second kappa shape index (κ2) is 7.93. The molecule has 0 atom stereocenters. The van der Waals surface area contributed by atoms with Gasteiger partial charge >= 0.3 is 0 Å². The third-order valence-electron chi connectivity index (χ3n) is 3.14. The molecule has 3 N–H and O–H groups in total. The summed E-state index contributed by atoms with van der Waals surface area (Å²) in [5, 5.41) is 12.0. The number of nitrogens with one attached hydrogen (secondary N) is 3. The van der Waals surface area contributed by atoms with Crippen molar-refractivity contribution in [2.75, 3.05) is 5.32 Å². The Kier molecular flexibility index (Phi) is 5.94. The van der Waals surface area contributed by atoms with Crippen LogP contribution in [0.1, 0.15) is 19.0 Å². The van der Waals surface area contributed by atoms with Crippen molar-refractivity contribution >= 4 is 40.5 Å². The molecular formula is C13H18ClN7OS. The van der Waals surface area contributed by atoms with Gasteiger partial charge in [0.1, 0.15) is 0 Å².